The van der Waals surface area contributed by atoms with Gasteiger partial charge in [0, 0.05) is 8.41 Å². The quantitative estimate of drug-likeness (QED) is 0.316. The van der Waals surface area contributed by atoms with Crippen molar-refractivity contribution in [1.29, 1.82) is 0 Å². The second kappa shape index (κ2) is 6.03. The molecule has 0 aromatic rings. The summed E-state index contributed by atoms with van der Waals surface area (Å²) in [4.78, 5) is 0. The third-order valence-electron chi connectivity index (χ3n) is 0.818. The van der Waals surface area contributed by atoms with Gasteiger partial charge in [0.15, 0.2) is 0 Å². The van der Waals surface area contributed by atoms with E-state index in [1.807, 2.05) is 0 Å². The lowest BCUT2D eigenvalue weighted by Gasteiger charge is -2.10. The summed E-state index contributed by atoms with van der Waals surface area (Å²) in [5.41, 5.74) is 0. The van der Waals surface area contributed by atoms with Crippen LogP contribution in [0, 0.1) is 0 Å². The van der Waals surface area contributed by atoms with E-state index in [9.17, 15) is 0 Å². The summed E-state index contributed by atoms with van der Waals surface area (Å²) < 4.78 is 0. The van der Waals surface area contributed by atoms with E-state index in [0.29, 0.717) is 0 Å². The summed E-state index contributed by atoms with van der Waals surface area (Å²) in [5, 5.41) is 33.2. The zero-order valence-corrected chi connectivity index (χ0v) is 4.94. The first-order chi connectivity index (χ1) is 3.72. The smallest absolute Gasteiger partial charge is 0.105 e. The Balaban J connectivity index is 0. The molecule has 0 bridgehead atoms. The highest BCUT2D eigenvalue weighted by Crippen LogP contribution is 1.88. The molecule has 0 aliphatic heterocycles. The lowest BCUT2D eigenvalue weighted by atomic mass is 10.2. The van der Waals surface area contributed by atoms with Gasteiger partial charge < -0.3 is 20.4 Å². The van der Waals surface area contributed by atoms with Gasteiger partial charge in [0.05, 0.1) is 13.2 Å². The Kier molecular flexibility index (Phi) is 7.82. The molecule has 0 unspecified atom stereocenters. The van der Waals surface area contributed by atoms with Gasteiger partial charge in [-0.2, -0.15) is 0 Å². The van der Waals surface area contributed by atoms with Gasteiger partial charge in [0.25, 0.3) is 0 Å². The summed E-state index contributed by atoms with van der Waals surface area (Å²) in [6, 6.07) is 0. The fourth-order valence-electron chi connectivity index (χ4n) is 0.243. The van der Waals surface area contributed by atoms with Crippen LogP contribution >= 0.6 is 0 Å². The molecule has 0 heterocycles. The van der Waals surface area contributed by atoms with Gasteiger partial charge in [0.1, 0.15) is 12.2 Å². The topological polar surface area (TPSA) is 80.9 Å². The Morgan fingerprint density at radius 2 is 1.11 bits per heavy atom. The van der Waals surface area contributed by atoms with Crippen molar-refractivity contribution in [1.82, 2.24) is 0 Å². The molecular formula is C4H10BO4. The van der Waals surface area contributed by atoms with Crippen LogP contribution in [0.2, 0.25) is 0 Å². The molecule has 0 fully saturated rings. The second-order valence-corrected chi connectivity index (χ2v) is 1.50. The molecule has 0 rings (SSSR count). The third-order valence-corrected chi connectivity index (χ3v) is 0.818. The number of rotatable bonds is 3. The molecule has 3 radical (unpaired) electrons. The molecule has 0 spiro atoms. The molecule has 2 atom stereocenters. The highest BCUT2D eigenvalue weighted by Gasteiger charge is 2.12. The maximum absolute atomic E-state index is 8.47. The predicted molar refractivity (Wildman–Crippen MR) is 31.9 cm³/mol. The van der Waals surface area contributed by atoms with Gasteiger partial charge in [0.2, 0.25) is 0 Å². The lowest BCUT2D eigenvalue weighted by molar-refractivity contribution is -0.0388. The maximum Gasteiger partial charge on any atom is 0.105 e. The first-order valence-corrected chi connectivity index (χ1v) is 2.30. The molecule has 53 valence electrons. The molecule has 0 aromatic heterocycles. The fraction of sp³-hybridized carbons (Fsp3) is 1.00. The summed E-state index contributed by atoms with van der Waals surface area (Å²) in [5.74, 6) is 0. The lowest BCUT2D eigenvalue weighted by Crippen LogP contribution is -2.31. The molecule has 4 N–H and O–H groups in total. The van der Waals surface area contributed by atoms with Crippen LogP contribution in [0.3, 0.4) is 0 Å². The van der Waals surface area contributed by atoms with E-state index in [0.717, 1.165) is 0 Å². The van der Waals surface area contributed by atoms with Crippen LogP contribution in [0.25, 0.3) is 0 Å². The van der Waals surface area contributed by atoms with Crippen molar-refractivity contribution >= 4 is 8.41 Å². The van der Waals surface area contributed by atoms with Gasteiger partial charge in [-0.1, -0.05) is 0 Å². The molecule has 5 heteroatoms. The van der Waals surface area contributed by atoms with Crippen LogP contribution in [-0.2, 0) is 0 Å². The molecule has 0 saturated heterocycles. The van der Waals surface area contributed by atoms with Crippen molar-refractivity contribution in [2.45, 2.75) is 12.2 Å². The largest absolute Gasteiger partial charge is 0.394 e. The maximum atomic E-state index is 8.47. The fourth-order valence-corrected chi connectivity index (χ4v) is 0.243. The summed E-state index contributed by atoms with van der Waals surface area (Å²) >= 11 is 0. The third kappa shape index (κ3) is 4.41. The molecule has 0 amide bonds. The van der Waals surface area contributed by atoms with Crippen molar-refractivity contribution in [3.05, 3.63) is 0 Å². The molecule has 0 aromatic carbocycles. The van der Waals surface area contributed by atoms with Gasteiger partial charge >= 0.3 is 0 Å². The number of aliphatic hydroxyl groups is 4. The van der Waals surface area contributed by atoms with E-state index in [1.165, 1.54) is 0 Å². The average molecular weight is 133 g/mol. The van der Waals surface area contributed by atoms with Crippen molar-refractivity contribution < 1.29 is 20.4 Å². The van der Waals surface area contributed by atoms with Crippen LogP contribution in [0.15, 0.2) is 0 Å². The summed E-state index contributed by atoms with van der Waals surface area (Å²) in [7, 11) is 0. The van der Waals surface area contributed by atoms with E-state index in [1.54, 1.807) is 0 Å². The minimum absolute atomic E-state index is 0. The molecular weight excluding hydrogens is 123 g/mol. The summed E-state index contributed by atoms with van der Waals surface area (Å²) in [6.07, 6.45) is -2.44. The zero-order chi connectivity index (χ0) is 6.57. The Labute approximate surface area is 55.3 Å². The molecule has 0 saturated carbocycles. The highest BCUT2D eigenvalue weighted by molar-refractivity contribution is 5.75. The minimum atomic E-state index is -1.22. The van der Waals surface area contributed by atoms with Crippen molar-refractivity contribution in [2.75, 3.05) is 13.2 Å². The average Bonchev–Trinajstić information content (AvgIpc) is 1.84. The molecule has 9 heavy (non-hydrogen) atoms. The zero-order valence-electron chi connectivity index (χ0n) is 4.94. The Bertz CT molecular complexity index is 52.5. The van der Waals surface area contributed by atoms with E-state index in [4.69, 9.17) is 20.4 Å². The van der Waals surface area contributed by atoms with Crippen LogP contribution in [0.5, 0.6) is 0 Å². The predicted octanol–water partition coefficient (Wildman–Crippen LogP) is -2.69. The van der Waals surface area contributed by atoms with Crippen LogP contribution in [0.1, 0.15) is 0 Å². The normalized spacial score (nSPS) is 16.0. The Morgan fingerprint density at radius 1 is 0.889 bits per heavy atom. The minimum Gasteiger partial charge on any atom is -0.394 e. The van der Waals surface area contributed by atoms with Gasteiger partial charge in [-0.15, -0.1) is 0 Å². The van der Waals surface area contributed by atoms with Crippen LogP contribution in [-0.4, -0.2) is 54.3 Å². The molecule has 0 aliphatic carbocycles. The van der Waals surface area contributed by atoms with Crippen molar-refractivity contribution in [2.24, 2.45) is 0 Å². The highest BCUT2D eigenvalue weighted by atomic mass is 16.4. The van der Waals surface area contributed by atoms with E-state index in [2.05, 4.69) is 0 Å². The van der Waals surface area contributed by atoms with Gasteiger partial charge in [-0.05, 0) is 0 Å². The van der Waals surface area contributed by atoms with Gasteiger partial charge in [-0.25, -0.2) is 0 Å². The molecule has 4 nitrogen and oxygen atoms in total. The monoisotopic (exact) mass is 133 g/mol. The second-order valence-electron chi connectivity index (χ2n) is 1.50. The van der Waals surface area contributed by atoms with Crippen molar-refractivity contribution in [3.63, 3.8) is 0 Å². The first kappa shape index (κ1) is 11.7. The van der Waals surface area contributed by atoms with Crippen LogP contribution < -0.4 is 0 Å². The standard InChI is InChI=1S/C4H10O4.B/c5-1-3(7)4(8)2-6;/h3-8H,1-2H2;/t3-,4+;. The van der Waals surface area contributed by atoms with E-state index in [-0.39, 0.29) is 8.41 Å². The Morgan fingerprint density at radius 3 is 1.22 bits per heavy atom. The van der Waals surface area contributed by atoms with Crippen molar-refractivity contribution in [3.8, 4) is 0 Å². The SMILES string of the molecule is OC[C@@H](O)[C@@H](O)CO.[B]. The van der Waals surface area contributed by atoms with E-state index >= 15 is 0 Å². The van der Waals surface area contributed by atoms with Gasteiger partial charge in [-0.3, -0.25) is 0 Å². The Hall–Kier alpha value is -0.0951. The van der Waals surface area contributed by atoms with E-state index < -0.39 is 25.4 Å². The number of hydrogen-bond acceptors (Lipinski definition) is 4. The molecule has 0 aliphatic rings. The first-order valence-electron chi connectivity index (χ1n) is 2.30. The number of hydrogen-bond donors (Lipinski definition) is 4. The van der Waals surface area contributed by atoms with Crippen LogP contribution in [0.4, 0.5) is 0 Å². The number of aliphatic hydroxyl groups excluding tert-OH is 4. The summed E-state index contributed by atoms with van der Waals surface area (Å²) in [6.45, 7) is -1.05.